The normalized spacial score (nSPS) is 21.9. The number of aryl methyl sites for hydroxylation is 1. The topological polar surface area (TPSA) is 102 Å². The van der Waals surface area contributed by atoms with Crippen molar-refractivity contribution in [3.05, 3.63) is 53.2 Å². The van der Waals surface area contributed by atoms with Gasteiger partial charge in [0.15, 0.2) is 5.84 Å². The molecule has 3 aliphatic rings. The molecular formula is C20H21N5O2. The number of rotatable bonds is 1. The van der Waals surface area contributed by atoms with Gasteiger partial charge in [-0.05, 0) is 49.9 Å². The van der Waals surface area contributed by atoms with Gasteiger partial charge in [0.2, 0.25) is 0 Å². The van der Waals surface area contributed by atoms with E-state index in [1.165, 1.54) is 6.34 Å². The van der Waals surface area contributed by atoms with Crippen LogP contribution in [0.3, 0.4) is 0 Å². The number of amides is 1. The Labute approximate surface area is 157 Å². The fourth-order valence-electron chi connectivity index (χ4n) is 3.52. The van der Waals surface area contributed by atoms with E-state index in [0.717, 1.165) is 18.4 Å². The van der Waals surface area contributed by atoms with Crippen molar-refractivity contribution in [2.75, 3.05) is 11.9 Å². The first-order valence-electron chi connectivity index (χ1n) is 8.95. The highest BCUT2D eigenvalue weighted by Gasteiger charge is 2.35. The number of benzene rings is 1. The molecule has 138 valence electrons. The second-order valence-electron chi connectivity index (χ2n) is 7.05. The zero-order valence-corrected chi connectivity index (χ0v) is 15.0. The van der Waals surface area contributed by atoms with E-state index in [9.17, 15) is 4.79 Å². The fourth-order valence-corrected chi connectivity index (χ4v) is 3.52. The Morgan fingerprint density at radius 1 is 1.30 bits per heavy atom. The van der Waals surface area contributed by atoms with Gasteiger partial charge in [0.1, 0.15) is 17.3 Å². The van der Waals surface area contributed by atoms with Crippen molar-refractivity contribution in [1.82, 2.24) is 9.88 Å². The van der Waals surface area contributed by atoms with Crippen molar-refractivity contribution in [2.24, 2.45) is 5.92 Å². The van der Waals surface area contributed by atoms with Crippen molar-refractivity contribution >= 4 is 23.9 Å². The summed E-state index contributed by atoms with van der Waals surface area (Å²) in [6, 6.07) is 10.8. The number of fused-ring (bicyclic) bond motifs is 3. The molecule has 4 bridgehead atoms. The van der Waals surface area contributed by atoms with Crippen LogP contribution in [0.4, 0.5) is 5.82 Å². The molecule has 7 heteroatoms. The first kappa shape index (κ1) is 17.2. The molecule has 0 spiro atoms. The highest BCUT2D eigenvalue weighted by molar-refractivity contribution is 6.06. The smallest absolute Gasteiger partial charge is 0.260 e. The Bertz CT molecular complexity index is 920. The van der Waals surface area contributed by atoms with Crippen LogP contribution in [0.15, 0.2) is 36.4 Å². The lowest BCUT2D eigenvalue weighted by Gasteiger charge is -2.41. The molecule has 5 rings (SSSR count). The lowest BCUT2D eigenvalue weighted by atomic mass is 9.80. The molecule has 3 heterocycles. The van der Waals surface area contributed by atoms with E-state index in [4.69, 9.17) is 15.6 Å². The Hall–Kier alpha value is -3.22. The van der Waals surface area contributed by atoms with Crippen LogP contribution in [0.25, 0.3) is 0 Å². The predicted molar refractivity (Wildman–Crippen MR) is 103 cm³/mol. The molecular weight excluding hydrogens is 342 g/mol. The van der Waals surface area contributed by atoms with Crippen molar-refractivity contribution in [3.8, 4) is 5.75 Å². The summed E-state index contributed by atoms with van der Waals surface area (Å²) in [7, 11) is 0. The first-order valence-corrected chi connectivity index (χ1v) is 8.95. The number of carbonyl (C=O) groups excluding carboxylic acids is 1. The zero-order valence-electron chi connectivity index (χ0n) is 15.0. The highest BCUT2D eigenvalue weighted by Crippen LogP contribution is 2.33. The number of hydrogen-bond acceptors (Lipinski definition) is 5. The molecule has 27 heavy (non-hydrogen) atoms. The summed E-state index contributed by atoms with van der Waals surface area (Å²) in [5.41, 5.74) is 1.88. The van der Waals surface area contributed by atoms with Crippen LogP contribution in [-0.4, -0.2) is 40.6 Å². The van der Waals surface area contributed by atoms with Gasteiger partial charge in [0, 0.05) is 6.04 Å². The summed E-state index contributed by atoms with van der Waals surface area (Å²) in [6.07, 6.45) is 2.86. The number of nitrogens with zero attached hydrogens (tertiary/aromatic N) is 2. The molecule has 7 nitrogen and oxygen atoms in total. The molecule has 1 saturated carbocycles. The Kier molecular flexibility index (Phi) is 4.35. The van der Waals surface area contributed by atoms with Crippen molar-refractivity contribution < 1.29 is 9.53 Å². The average Bonchev–Trinajstić information content (AvgIpc) is 2.63. The monoisotopic (exact) mass is 363 g/mol. The number of amidine groups is 1. The van der Waals surface area contributed by atoms with Gasteiger partial charge in [0.25, 0.3) is 5.91 Å². The van der Waals surface area contributed by atoms with Crippen LogP contribution in [-0.2, 0) is 0 Å². The van der Waals surface area contributed by atoms with Crippen LogP contribution >= 0.6 is 0 Å². The third kappa shape index (κ3) is 3.28. The van der Waals surface area contributed by atoms with Crippen molar-refractivity contribution in [1.29, 1.82) is 10.8 Å². The number of pyridine rings is 1. The third-order valence-corrected chi connectivity index (χ3v) is 5.09. The van der Waals surface area contributed by atoms with Gasteiger partial charge < -0.3 is 15.0 Å². The molecule has 0 radical (unpaired) electrons. The van der Waals surface area contributed by atoms with E-state index < -0.39 is 0 Å². The van der Waals surface area contributed by atoms with Gasteiger partial charge in [-0.25, -0.2) is 4.98 Å². The summed E-state index contributed by atoms with van der Waals surface area (Å²) >= 11 is 0. The standard InChI is InChI=1S/C20H21N5O2/c1-12-5-6-17-15(7-12)20(26)24-18-4-2-3-16(23-18)19(22)25(11-21)14-8-13(9-14)10-27-17/h2-7,11,13-14,21-22H,8-10H2,1H3,(H,23,24,26). The number of carbonyl (C=O) groups is 1. The lowest BCUT2D eigenvalue weighted by Crippen LogP contribution is -2.48. The molecule has 1 aliphatic carbocycles. The van der Waals surface area contributed by atoms with E-state index >= 15 is 0 Å². The van der Waals surface area contributed by atoms with Crippen LogP contribution in [0, 0.1) is 23.7 Å². The summed E-state index contributed by atoms with van der Waals surface area (Å²) in [5.74, 6) is 1.13. The lowest BCUT2D eigenvalue weighted by molar-refractivity contribution is 0.100. The van der Waals surface area contributed by atoms with E-state index in [2.05, 4.69) is 10.3 Å². The minimum absolute atomic E-state index is 0.101. The first-order chi connectivity index (χ1) is 13.0. The maximum Gasteiger partial charge on any atom is 0.260 e. The fraction of sp³-hybridized carbons (Fsp3) is 0.300. The minimum atomic E-state index is -0.294. The van der Waals surface area contributed by atoms with Gasteiger partial charge in [-0.1, -0.05) is 17.7 Å². The Balaban J connectivity index is 1.74. The second-order valence-corrected chi connectivity index (χ2v) is 7.05. The van der Waals surface area contributed by atoms with Gasteiger partial charge in [-0.15, -0.1) is 0 Å². The molecule has 3 N–H and O–H groups in total. The molecule has 0 atom stereocenters. The van der Waals surface area contributed by atoms with E-state index in [0.29, 0.717) is 35.3 Å². The largest absolute Gasteiger partial charge is 0.492 e. The summed E-state index contributed by atoms with van der Waals surface area (Å²) < 4.78 is 5.95. The van der Waals surface area contributed by atoms with Gasteiger partial charge in [-0.3, -0.25) is 15.6 Å². The molecule has 1 fully saturated rings. The quantitative estimate of drug-likeness (QED) is 0.535. The summed E-state index contributed by atoms with van der Waals surface area (Å²) in [4.78, 5) is 18.8. The second kappa shape index (κ2) is 6.83. The number of hydrogen-bond donors (Lipinski definition) is 3. The Morgan fingerprint density at radius 3 is 2.89 bits per heavy atom. The zero-order chi connectivity index (χ0) is 19.0. The number of ether oxygens (including phenoxy) is 1. The molecule has 2 aromatic rings. The molecule has 1 aromatic carbocycles. The van der Waals surface area contributed by atoms with Gasteiger partial charge in [-0.2, -0.15) is 0 Å². The van der Waals surface area contributed by atoms with E-state index in [-0.39, 0.29) is 17.8 Å². The minimum Gasteiger partial charge on any atom is -0.492 e. The predicted octanol–water partition coefficient (Wildman–Crippen LogP) is 3.05. The molecule has 0 saturated heterocycles. The number of anilines is 1. The third-order valence-electron chi connectivity index (χ3n) is 5.09. The summed E-state index contributed by atoms with van der Waals surface area (Å²) in [5, 5.41) is 18.9. The molecule has 1 amide bonds. The van der Waals surface area contributed by atoms with Gasteiger partial charge >= 0.3 is 0 Å². The van der Waals surface area contributed by atoms with E-state index in [1.807, 2.05) is 25.1 Å². The van der Waals surface area contributed by atoms with Crippen molar-refractivity contribution in [2.45, 2.75) is 25.8 Å². The van der Waals surface area contributed by atoms with Crippen LogP contribution in [0.2, 0.25) is 0 Å². The Morgan fingerprint density at radius 2 is 2.11 bits per heavy atom. The SMILES string of the molecule is Cc1ccc2c(c1)C(=O)Nc1cccc(n1)C(=N)N(C=N)C1CC(CO2)C1. The van der Waals surface area contributed by atoms with Crippen LogP contribution < -0.4 is 10.1 Å². The van der Waals surface area contributed by atoms with E-state index in [1.54, 1.807) is 23.1 Å². The number of nitrogens with one attached hydrogen (secondary N) is 3. The average molecular weight is 363 g/mol. The van der Waals surface area contributed by atoms with Crippen molar-refractivity contribution in [3.63, 3.8) is 0 Å². The number of aromatic nitrogens is 1. The van der Waals surface area contributed by atoms with Gasteiger partial charge in [0.05, 0.1) is 18.5 Å². The maximum absolute atomic E-state index is 12.8. The summed E-state index contributed by atoms with van der Waals surface area (Å²) in [6.45, 7) is 2.45. The maximum atomic E-state index is 12.8. The molecule has 1 aromatic heterocycles. The van der Waals surface area contributed by atoms with Crippen LogP contribution in [0.1, 0.15) is 34.5 Å². The molecule has 0 unspecified atom stereocenters. The molecule has 2 aliphatic heterocycles. The highest BCUT2D eigenvalue weighted by atomic mass is 16.5. The van der Waals surface area contributed by atoms with Crippen LogP contribution in [0.5, 0.6) is 5.75 Å².